The molecule has 0 saturated carbocycles. The zero-order chi connectivity index (χ0) is 19.8. The second kappa shape index (κ2) is 9.68. The van der Waals surface area contributed by atoms with Crippen LogP contribution in [0.4, 0.5) is 5.00 Å². The summed E-state index contributed by atoms with van der Waals surface area (Å²) < 4.78 is 10.1. The largest absolute Gasteiger partial charge is 0.462 e. The van der Waals surface area contributed by atoms with Crippen LogP contribution < -0.4 is 5.32 Å². The molecule has 0 spiro atoms. The molecule has 7 heteroatoms. The summed E-state index contributed by atoms with van der Waals surface area (Å²) >= 11 is 0.997. The molecule has 0 bridgehead atoms. The number of thiophene rings is 1. The molecule has 0 fully saturated rings. The Kier molecular flexibility index (Phi) is 7.31. The fraction of sp³-hybridized carbons (Fsp3) is 0.250. The summed E-state index contributed by atoms with van der Waals surface area (Å²) in [6, 6.07) is 9.34. The van der Waals surface area contributed by atoms with Gasteiger partial charge in [-0.05, 0) is 38.0 Å². The number of amides is 1. The third-order valence-corrected chi connectivity index (χ3v) is 4.74. The number of carbonyl (C=O) groups excluding carboxylic acids is 3. The minimum Gasteiger partial charge on any atom is -0.462 e. The van der Waals surface area contributed by atoms with Crippen molar-refractivity contribution in [3.05, 3.63) is 58.0 Å². The number of esters is 2. The molecule has 0 radical (unpaired) electrons. The molecule has 2 aromatic rings. The second-order valence-electron chi connectivity index (χ2n) is 5.43. The fourth-order valence-corrected chi connectivity index (χ4v) is 3.42. The van der Waals surface area contributed by atoms with Crippen molar-refractivity contribution in [3.8, 4) is 0 Å². The van der Waals surface area contributed by atoms with Gasteiger partial charge >= 0.3 is 11.9 Å². The molecular formula is C20H21NO5S. The fourth-order valence-electron chi connectivity index (χ4n) is 2.33. The van der Waals surface area contributed by atoms with Crippen LogP contribution in [-0.4, -0.2) is 31.1 Å². The van der Waals surface area contributed by atoms with Gasteiger partial charge in [-0.3, -0.25) is 4.79 Å². The first-order valence-corrected chi connectivity index (χ1v) is 9.31. The summed E-state index contributed by atoms with van der Waals surface area (Å²) in [6.07, 6.45) is 3.02. The molecule has 0 aliphatic heterocycles. The van der Waals surface area contributed by atoms with Crippen LogP contribution in [0.5, 0.6) is 0 Å². The number of nitrogens with one attached hydrogen (secondary N) is 1. The van der Waals surface area contributed by atoms with Gasteiger partial charge in [0.15, 0.2) is 0 Å². The second-order valence-corrected chi connectivity index (χ2v) is 6.46. The molecule has 27 heavy (non-hydrogen) atoms. The Morgan fingerprint density at radius 3 is 2.30 bits per heavy atom. The molecular weight excluding hydrogens is 366 g/mol. The third kappa shape index (κ3) is 5.27. The Morgan fingerprint density at radius 1 is 1.04 bits per heavy atom. The average molecular weight is 387 g/mol. The zero-order valence-corrected chi connectivity index (χ0v) is 16.2. The van der Waals surface area contributed by atoms with E-state index in [1.54, 1.807) is 26.8 Å². The van der Waals surface area contributed by atoms with Crippen LogP contribution in [-0.2, 0) is 14.3 Å². The summed E-state index contributed by atoms with van der Waals surface area (Å²) in [5.41, 5.74) is 1.47. The highest BCUT2D eigenvalue weighted by Gasteiger charge is 2.26. The highest BCUT2D eigenvalue weighted by Crippen LogP contribution is 2.34. The summed E-state index contributed by atoms with van der Waals surface area (Å²) in [5.74, 6) is -1.55. The van der Waals surface area contributed by atoms with Crippen molar-refractivity contribution in [2.75, 3.05) is 18.5 Å². The van der Waals surface area contributed by atoms with Crippen molar-refractivity contribution in [2.45, 2.75) is 20.8 Å². The van der Waals surface area contributed by atoms with E-state index in [0.717, 1.165) is 16.9 Å². The van der Waals surface area contributed by atoms with Crippen LogP contribution in [0.1, 0.15) is 45.0 Å². The standard InChI is InChI=1S/C20H21NO5S/c1-4-25-19(23)16-13(3)17(20(24)26-5-2)27-18(16)21-15(22)12-11-14-9-7-6-8-10-14/h6-12H,4-5H2,1-3H3,(H,21,22)/b12-11+. The van der Waals surface area contributed by atoms with Crippen molar-refractivity contribution < 1.29 is 23.9 Å². The van der Waals surface area contributed by atoms with Crippen molar-refractivity contribution in [2.24, 2.45) is 0 Å². The zero-order valence-electron chi connectivity index (χ0n) is 15.4. The molecule has 142 valence electrons. The molecule has 1 aromatic carbocycles. The van der Waals surface area contributed by atoms with E-state index in [9.17, 15) is 14.4 Å². The number of hydrogen-bond acceptors (Lipinski definition) is 6. The Morgan fingerprint density at radius 2 is 1.67 bits per heavy atom. The van der Waals surface area contributed by atoms with Crippen molar-refractivity contribution >= 4 is 40.3 Å². The highest BCUT2D eigenvalue weighted by molar-refractivity contribution is 7.18. The van der Waals surface area contributed by atoms with Crippen LogP contribution in [0.2, 0.25) is 0 Å². The molecule has 2 rings (SSSR count). The number of anilines is 1. The van der Waals surface area contributed by atoms with Crippen LogP contribution in [0, 0.1) is 6.92 Å². The van der Waals surface area contributed by atoms with Crippen molar-refractivity contribution in [1.29, 1.82) is 0 Å². The van der Waals surface area contributed by atoms with Gasteiger partial charge in [0.25, 0.3) is 0 Å². The summed E-state index contributed by atoms with van der Waals surface area (Å²) in [5, 5.41) is 2.92. The first-order valence-electron chi connectivity index (χ1n) is 8.49. The predicted octanol–water partition coefficient (Wildman–Crippen LogP) is 4.06. The van der Waals surface area contributed by atoms with Gasteiger partial charge in [-0.1, -0.05) is 30.3 Å². The highest BCUT2D eigenvalue weighted by atomic mass is 32.1. The molecule has 0 saturated heterocycles. The van der Waals surface area contributed by atoms with Gasteiger partial charge in [-0.25, -0.2) is 9.59 Å². The number of ether oxygens (including phenoxy) is 2. The first-order chi connectivity index (χ1) is 13.0. The van der Waals surface area contributed by atoms with Crippen molar-refractivity contribution in [3.63, 3.8) is 0 Å². The molecule has 1 amide bonds. The number of rotatable bonds is 7. The van der Waals surface area contributed by atoms with E-state index in [0.29, 0.717) is 5.56 Å². The average Bonchev–Trinajstić information content (AvgIpc) is 2.97. The monoisotopic (exact) mass is 387 g/mol. The van der Waals surface area contributed by atoms with E-state index in [1.807, 2.05) is 30.3 Å². The predicted molar refractivity (Wildman–Crippen MR) is 105 cm³/mol. The maximum Gasteiger partial charge on any atom is 0.348 e. The SMILES string of the molecule is CCOC(=O)c1sc(NC(=O)/C=C/c2ccccc2)c(C(=O)OCC)c1C. The molecule has 1 N–H and O–H groups in total. The van der Waals surface area contributed by atoms with Crippen LogP contribution in [0.3, 0.4) is 0 Å². The van der Waals surface area contributed by atoms with Gasteiger partial charge in [0.2, 0.25) is 5.91 Å². The molecule has 1 aromatic heterocycles. The van der Waals surface area contributed by atoms with Crippen molar-refractivity contribution in [1.82, 2.24) is 0 Å². The van der Waals surface area contributed by atoms with Crippen LogP contribution >= 0.6 is 11.3 Å². The van der Waals surface area contributed by atoms with E-state index in [1.165, 1.54) is 6.08 Å². The third-order valence-electron chi connectivity index (χ3n) is 3.55. The van der Waals surface area contributed by atoms with E-state index in [-0.39, 0.29) is 28.7 Å². The molecule has 1 heterocycles. The van der Waals surface area contributed by atoms with Crippen LogP contribution in [0.15, 0.2) is 36.4 Å². The van der Waals surface area contributed by atoms with E-state index >= 15 is 0 Å². The molecule has 6 nitrogen and oxygen atoms in total. The lowest BCUT2D eigenvalue weighted by Gasteiger charge is -2.05. The molecule has 0 aliphatic carbocycles. The van der Waals surface area contributed by atoms with E-state index < -0.39 is 17.8 Å². The molecule has 0 atom stereocenters. The summed E-state index contributed by atoms with van der Waals surface area (Å²) in [7, 11) is 0. The Labute approximate surface area is 161 Å². The summed E-state index contributed by atoms with van der Waals surface area (Å²) in [4.78, 5) is 37.0. The van der Waals surface area contributed by atoms with Gasteiger partial charge in [0.05, 0.1) is 18.8 Å². The Hall–Kier alpha value is -2.93. The lowest BCUT2D eigenvalue weighted by atomic mass is 10.1. The number of hydrogen-bond donors (Lipinski definition) is 1. The lowest BCUT2D eigenvalue weighted by molar-refractivity contribution is -0.111. The van der Waals surface area contributed by atoms with Gasteiger partial charge in [0, 0.05) is 6.08 Å². The lowest BCUT2D eigenvalue weighted by Crippen LogP contribution is -2.13. The maximum absolute atomic E-state index is 12.3. The van der Waals surface area contributed by atoms with Gasteiger partial charge in [-0.2, -0.15) is 0 Å². The first kappa shape index (κ1) is 20.4. The number of carbonyl (C=O) groups is 3. The minimum absolute atomic E-state index is 0.173. The normalized spacial score (nSPS) is 10.6. The number of benzene rings is 1. The Bertz CT molecular complexity index is 855. The minimum atomic E-state index is -0.593. The van der Waals surface area contributed by atoms with Crippen LogP contribution in [0.25, 0.3) is 6.08 Å². The molecule has 0 unspecified atom stereocenters. The van der Waals surface area contributed by atoms with Gasteiger partial charge in [-0.15, -0.1) is 11.3 Å². The van der Waals surface area contributed by atoms with E-state index in [2.05, 4.69) is 5.32 Å². The maximum atomic E-state index is 12.3. The quantitative estimate of drug-likeness (QED) is 0.572. The summed E-state index contributed by atoms with van der Waals surface area (Å²) in [6.45, 7) is 5.41. The van der Waals surface area contributed by atoms with E-state index in [4.69, 9.17) is 9.47 Å². The smallest absolute Gasteiger partial charge is 0.348 e. The van der Waals surface area contributed by atoms with Gasteiger partial charge in [0.1, 0.15) is 9.88 Å². The van der Waals surface area contributed by atoms with Gasteiger partial charge < -0.3 is 14.8 Å². The topological polar surface area (TPSA) is 81.7 Å². The molecule has 0 aliphatic rings. The Balaban J connectivity index is 2.29.